The summed E-state index contributed by atoms with van der Waals surface area (Å²) in [4.78, 5) is 0. The third kappa shape index (κ3) is 3.02. The van der Waals surface area contributed by atoms with Gasteiger partial charge in [0.2, 0.25) is 0 Å². The van der Waals surface area contributed by atoms with Crippen molar-refractivity contribution in [3.63, 3.8) is 0 Å². The first-order chi connectivity index (χ1) is 13.0. The van der Waals surface area contributed by atoms with Crippen LogP contribution in [0, 0.1) is 13.8 Å². The van der Waals surface area contributed by atoms with Gasteiger partial charge in [-0.1, -0.05) is 91.6 Å². The van der Waals surface area contributed by atoms with Crippen LogP contribution in [-0.4, -0.2) is 16.1 Å². The lowest BCUT2D eigenvalue weighted by Crippen LogP contribution is -2.58. The second-order valence-corrected chi connectivity index (χ2v) is 20.8. The SMILES string of the molecule is Cc1ccc2c(c1)Cc1c(C3=CC=CC3)c(C)c([Si](C)(C)C)c([Si](C)(C)C)c1-2. The molecule has 0 saturated heterocycles. The molecule has 0 heterocycles. The molecule has 28 heavy (non-hydrogen) atoms. The molecule has 0 spiro atoms. The molecule has 2 aliphatic carbocycles. The van der Waals surface area contributed by atoms with E-state index in [1.54, 1.807) is 32.6 Å². The number of fused-ring (bicyclic) bond motifs is 3. The Morgan fingerprint density at radius 2 is 1.50 bits per heavy atom. The Hall–Kier alpha value is -1.65. The fourth-order valence-electron chi connectivity index (χ4n) is 5.47. The molecule has 4 rings (SSSR count). The van der Waals surface area contributed by atoms with E-state index < -0.39 is 16.1 Å². The van der Waals surface area contributed by atoms with Crippen LogP contribution in [0.4, 0.5) is 0 Å². The van der Waals surface area contributed by atoms with E-state index in [1.807, 2.05) is 0 Å². The van der Waals surface area contributed by atoms with Gasteiger partial charge in [-0.2, -0.15) is 0 Å². The molecule has 0 unspecified atom stereocenters. The van der Waals surface area contributed by atoms with Crippen molar-refractivity contribution in [3.8, 4) is 11.1 Å². The highest BCUT2D eigenvalue weighted by atomic mass is 28.3. The minimum Gasteiger partial charge on any atom is -0.0801 e. The van der Waals surface area contributed by atoms with Gasteiger partial charge in [0.25, 0.3) is 0 Å². The first-order valence-electron chi connectivity index (χ1n) is 10.7. The van der Waals surface area contributed by atoms with E-state index in [-0.39, 0.29) is 0 Å². The standard InChI is InChI=1S/C26H34Si2/c1-17-13-14-21-20(15-17)16-22-23(19-11-9-10-12-19)18(2)25(27(3,4)5)26(24(21)22)28(6,7)8/h9-11,13-15H,12,16H2,1-8H3. The van der Waals surface area contributed by atoms with Crippen LogP contribution >= 0.6 is 0 Å². The summed E-state index contributed by atoms with van der Waals surface area (Å²) in [6, 6.07) is 7.15. The molecule has 0 atom stereocenters. The van der Waals surface area contributed by atoms with Gasteiger partial charge in [-0.05, 0) is 65.6 Å². The van der Waals surface area contributed by atoms with Crippen molar-refractivity contribution in [2.24, 2.45) is 0 Å². The van der Waals surface area contributed by atoms with Gasteiger partial charge in [0.15, 0.2) is 0 Å². The Balaban J connectivity index is 2.18. The summed E-state index contributed by atoms with van der Waals surface area (Å²) in [6.07, 6.45) is 9.10. The lowest BCUT2D eigenvalue weighted by atomic mass is 9.90. The maximum Gasteiger partial charge on any atom is 0.0782 e. The van der Waals surface area contributed by atoms with Gasteiger partial charge in [0, 0.05) is 0 Å². The largest absolute Gasteiger partial charge is 0.0801 e. The van der Waals surface area contributed by atoms with Gasteiger partial charge >= 0.3 is 0 Å². The molecule has 0 nitrogen and oxygen atoms in total. The Labute approximate surface area is 173 Å². The molecule has 2 heteroatoms. The van der Waals surface area contributed by atoms with Crippen LogP contribution in [0.25, 0.3) is 16.7 Å². The zero-order chi connectivity index (χ0) is 20.4. The topological polar surface area (TPSA) is 0 Å². The summed E-state index contributed by atoms with van der Waals surface area (Å²) >= 11 is 0. The lowest BCUT2D eigenvalue weighted by Gasteiger charge is -2.35. The number of allylic oxidation sites excluding steroid dienone is 4. The molecule has 0 aromatic heterocycles. The number of hydrogen-bond acceptors (Lipinski definition) is 0. The Morgan fingerprint density at radius 3 is 2.07 bits per heavy atom. The normalized spacial score (nSPS) is 15.6. The number of rotatable bonds is 3. The number of hydrogen-bond donors (Lipinski definition) is 0. The van der Waals surface area contributed by atoms with Gasteiger partial charge in [0.05, 0.1) is 16.1 Å². The summed E-state index contributed by atoms with van der Waals surface area (Å²) < 4.78 is 0. The summed E-state index contributed by atoms with van der Waals surface area (Å²) in [5, 5.41) is 3.51. The fraction of sp³-hybridized carbons (Fsp3) is 0.385. The third-order valence-corrected chi connectivity index (χ3v) is 10.7. The van der Waals surface area contributed by atoms with E-state index in [4.69, 9.17) is 0 Å². The smallest absolute Gasteiger partial charge is 0.0782 e. The number of aryl methyl sites for hydroxylation is 1. The maximum absolute atomic E-state index is 2.55. The summed E-state index contributed by atoms with van der Waals surface area (Å²) in [7, 11) is -3.02. The molecule has 0 radical (unpaired) electrons. The molecular formula is C26H34Si2. The molecule has 0 N–H and O–H groups in total. The van der Waals surface area contributed by atoms with E-state index in [0.717, 1.165) is 12.8 Å². The average Bonchev–Trinajstić information content (AvgIpc) is 3.18. The Bertz CT molecular complexity index is 1040. The molecule has 2 aromatic rings. The van der Waals surface area contributed by atoms with E-state index >= 15 is 0 Å². The maximum atomic E-state index is 2.55. The van der Waals surface area contributed by atoms with Gasteiger partial charge in [-0.25, -0.2) is 0 Å². The second-order valence-electron chi connectivity index (χ2n) is 10.8. The molecule has 146 valence electrons. The van der Waals surface area contributed by atoms with Gasteiger partial charge < -0.3 is 0 Å². The predicted octanol–water partition coefficient (Wildman–Crippen LogP) is 6.31. The van der Waals surface area contributed by atoms with Crippen molar-refractivity contribution in [2.75, 3.05) is 0 Å². The van der Waals surface area contributed by atoms with Crippen molar-refractivity contribution >= 4 is 32.1 Å². The molecule has 0 saturated carbocycles. The van der Waals surface area contributed by atoms with Gasteiger partial charge in [-0.15, -0.1) is 0 Å². The van der Waals surface area contributed by atoms with Crippen LogP contribution in [0.15, 0.2) is 36.4 Å². The first kappa shape index (κ1) is 19.7. The van der Waals surface area contributed by atoms with E-state index in [1.165, 1.54) is 22.3 Å². The number of benzene rings is 2. The van der Waals surface area contributed by atoms with Crippen molar-refractivity contribution in [3.05, 3.63) is 64.2 Å². The highest BCUT2D eigenvalue weighted by Gasteiger charge is 2.38. The van der Waals surface area contributed by atoms with Gasteiger partial charge in [-0.3, -0.25) is 0 Å². The Kier molecular flexibility index (Phi) is 4.52. The Morgan fingerprint density at radius 1 is 0.821 bits per heavy atom. The van der Waals surface area contributed by atoms with Crippen molar-refractivity contribution in [1.82, 2.24) is 0 Å². The molecule has 0 fully saturated rings. The summed E-state index contributed by atoms with van der Waals surface area (Å²) in [5.41, 5.74) is 12.4. The molecular weight excluding hydrogens is 368 g/mol. The quantitative estimate of drug-likeness (QED) is 0.450. The van der Waals surface area contributed by atoms with Crippen LogP contribution in [-0.2, 0) is 6.42 Å². The van der Waals surface area contributed by atoms with Crippen molar-refractivity contribution in [2.45, 2.75) is 66.0 Å². The van der Waals surface area contributed by atoms with Crippen LogP contribution in [0.2, 0.25) is 39.3 Å². The minimum atomic E-state index is -1.52. The average molecular weight is 403 g/mol. The fourth-order valence-corrected chi connectivity index (χ4v) is 11.8. The minimum absolute atomic E-state index is 1.08. The van der Waals surface area contributed by atoms with Gasteiger partial charge in [0.1, 0.15) is 0 Å². The van der Waals surface area contributed by atoms with E-state index in [2.05, 4.69) is 89.6 Å². The van der Waals surface area contributed by atoms with E-state index in [9.17, 15) is 0 Å². The molecule has 2 aliphatic rings. The lowest BCUT2D eigenvalue weighted by molar-refractivity contribution is 1.21. The first-order valence-corrected chi connectivity index (χ1v) is 17.7. The zero-order valence-electron chi connectivity index (χ0n) is 18.9. The van der Waals surface area contributed by atoms with Crippen LogP contribution in [0.1, 0.15) is 34.2 Å². The van der Waals surface area contributed by atoms with E-state index in [0.29, 0.717) is 0 Å². The highest BCUT2D eigenvalue weighted by molar-refractivity contribution is 6.99. The van der Waals surface area contributed by atoms with Crippen LogP contribution < -0.4 is 10.4 Å². The zero-order valence-corrected chi connectivity index (χ0v) is 20.9. The third-order valence-electron chi connectivity index (χ3n) is 6.34. The molecule has 2 aromatic carbocycles. The summed E-state index contributed by atoms with van der Waals surface area (Å²) in [5.74, 6) is 0. The second kappa shape index (κ2) is 6.43. The van der Waals surface area contributed by atoms with Crippen molar-refractivity contribution in [1.29, 1.82) is 0 Å². The monoisotopic (exact) mass is 402 g/mol. The molecule has 0 aliphatic heterocycles. The van der Waals surface area contributed by atoms with Crippen LogP contribution in [0.5, 0.6) is 0 Å². The van der Waals surface area contributed by atoms with Crippen molar-refractivity contribution < 1.29 is 0 Å². The predicted molar refractivity (Wildman–Crippen MR) is 132 cm³/mol. The molecule has 0 amide bonds. The molecule has 0 bridgehead atoms. The highest BCUT2D eigenvalue weighted by Crippen LogP contribution is 2.43. The summed E-state index contributed by atoms with van der Waals surface area (Å²) in [6.45, 7) is 19.9. The van der Waals surface area contributed by atoms with Crippen LogP contribution in [0.3, 0.4) is 0 Å².